The predicted molar refractivity (Wildman–Crippen MR) is 50.7 cm³/mol. The van der Waals surface area contributed by atoms with E-state index < -0.39 is 0 Å². The van der Waals surface area contributed by atoms with Crippen molar-refractivity contribution < 1.29 is 0 Å². The molecule has 0 heterocycles. The summed E-state index contributed by atoms with van der Waals surface area (Å²) in [6.45, 7) is 2.30. The van der Waals surface area contributed by atoms with Gasteiger partial charge in [0.25, 0.3) is 0 Å². The van der Waals surface area contributed by atoms with Gasteiger partial charge in [0.1, 0.15) is 0 Å². The fourth-order valence-corrected chi connectivity index (χ4v) is 3.47. The summed E-state index contributed by atoms with van der Waals surface area (Å²) in [7, 11) is 0. The minimum Gasteiger partial charge on any atom is -0.0853 e. The summed E-state index contributed by atoms with van der Waals surface area (Å²) < 4.78 is 0. The van der Waals surface area contributed by atoms with Gasteiger partial charge >= 0.3 is 0 Å². The number of hydrogen-bond acceptors (Lipinski definition) is 0. The van der Waals surface area contributed by atoms with E-state index in [1.807, 2.05) is 0 Å². The van der Waals surface area contributed by atoms with Gasteiger partial charge in [0.2, 0.25) is 0 Å². The van der Waals surface area contributed by atoms with Gasteiger partial charge < -0.3 is 0 Å². The minimum atomic E-state index is 0.948. The maximum Gasteiger partial charge on any atom is -0.0193 e. The van der Waals surface area contributed by atoms with E-state index >= 15 is 0 Å². The van der Waals surface area contributed by atoms with Crippen LogP contribution in [0, 0.1) is 23.7 Å². The third-order valence-corrected chi connectivity index (χ3v) is 4.10. The van der Waals surface area contributed by atoms with E-state index in [0.717, 1.165) is 23.7 Å². The first kappa shape index (κ1) is 6.94. The molecule has 4 atom stereocenters. The average molecular weight is 160 g/mol. The van der Waals surface area contributed by atoms with Crippen molar-refractivity contribution in [3.8, 4) is 0 Å². The molecule has 0 spiro atoms. The highest BCUT2D eigenvalue weighted by atomic mass is 14.5. The molecule has 0 aromatic rings. The molecule has 0 heteroatoms. The number of rotatable bonds is 0. The van der Waals surface area contributed by atoms with Crippen molar-refractivity contribution in [1.82, 2.24) is 0 Å². The molecule has 12 heavy (non-hydrogen) atoms. The van der Waals surface area contributed by atoms with Crippen LogP contribution in [0.25, 0.3) is 0 Å². The third-order valence-electron chi connectivity index (χ3n) is 4.10. The molecule has 3 aliphatic rings. The van der Waals surface area contributed by atoms with Crippen molar-refractivity contribution in [1.29, 1.82) is 0 Å². The Morgan fingerprint density at radius 1 is 1.17 bits per heavy atom. The highest BCUT2D eigenvalue weighted by Gasteiger charge is 2.44. The standard InChI is InChI=1S/C12H16/c1-8-2-5-11-9-3-4-10(7-9)12(11)6-8/h2-4,9-12H,5-7H2,1H3. The van der Waals surface area contributed by atoms with E-state index in [-0.39, 0.29) is 0 Å². The first-order valence-electron chi connectivity index (χ1n) is 5.18. The summed E-state index contributed by atoms with van der Waals surface area (Å²) in [5.41, 5.74) is 1.64. The Balaban J connectivity index is 1.92. The van der Waals surface area contributed by atoms with Crippen LogP contribution >= 0.6 is 0 Å². The van der Waals surface area contributed by atoms with Gasteiger partial charge in [-0.1, -0.05) is 23.8 Å². The van der Waals surface area contributed by atoms with Gasteiger partial charge in [-0.25, -0.2) is 0 Å². The van der Waals surface area contributed by atoms with Crippen LogP contribution in [0.4, 0.5) is 0 Å². The zero-order chi connectivity index (χ0) is 8.13. The zero-order valence-corrected chi connectivity index (χ0v) is 7.66. The molecule has 3 rings (SSSR count). The second-order valence-corrected chi connectivity index (χ2v) is 4.77. The number of fused-ring (bicyclic) bond motifs is 5. The van der Waals surface area contributed by atoms with Crippen LogP contribution in [-0.2, 0) is 0 Å². The van der Waals surface area contributed by atoms with Crippen LogP contribution in [0.2, 0.25) is 0 Å². The number of allylic oxidation sites excluding steroid dienone is 4. The molecule has 4 unspecified atom stereocenters. The quantitative estimate of drug-likeness (QED) is 0.477. The topological polar surface area (TPSA) is 0 Å². The summed E-state index contributed by atoms with van der Waals surface area (Å²) in [5.74, 6) is 3.93. The summed E-state index contributed by atoms with van der Waals surface area (Å²) in [6.07, 6.45) is 11.6. The minimum absolute atomic E-state index is 0.948. The first-order valence-corrected chi connectivity index (χ1v) is 5.18. The second kappa shape index (κ2) is 2.25. The SMILES string of the molecule is CC1=CCC2C3C=CC(C3)C2C1. The molecule has 3 aliphatic carbocycles. The van der Waals surface area contributed by atoms with Gasteiger partial charge in [-0.3, -0.25) is 0 Å². The van der Waals surface area contributed by atoms with Crippen molar-refractivity contribution in [2.24, 2.45) is 23.7 Å². The fraction of sp³-hybridized carbons (Fsp3) is 0.667. The Morgan fingerprint density at radius 2 is 1.92 bits per heavy atom. The van der Waals surface area contributed by atoms with E-state index in [1.165, 1.54) is 19.3 Å². The lowest BCUT2D eigenvalue weighted by Crippen LogP contribution is -2.22. The summed E-state index contributed by atoms with van der Waals surface area (Å²) in [4.78, 5) is 0. The van der Waals surface area contributed by atoms with Crippen molar-refractivity contribution in [2.75, 3.05) is 0 Å². The normalized spacial score (nSPS) is 49.2. The van der Waals surface area contributed by atoms with Crippen LogP contribution in [0.3, 0.4) is 0 Å². The van der Waals surface area contributed by atoms with Crippen LogP contribution < -0.4 is 0 Å². The lowest BCUT2D eigenvalue weighted by atomic mass is 9.74. The Kier molecular flexibility index (Phi) is 1.30. The highest BCUT2D eigenvalue weighted by molar-refractivity contribution is 5.20. The van der Waals surface area contributed by atoms with Crippen LogP contribution in [0.1, 0.15) is 26.2 Å². The molecular formula is C12H16. The molecular weight excluding hydrogens is 144 g/mol. The van der Waals surface area contributed by atoms with Crippen molar-refractivity contribution in [2.45, 2.75) is 26.2 Å². The molecule has 64 valence electrons. The Labute approximate surface area is 74.4 Å². The molecule has 0 saturated heterocycles. The number of hydrogen-bond donors (Lipinski definition) is 0. The molecule has 0 radical (unpaired) electrons. The van der Waals surface area contributed by atoms with Crippen LogP contribution in [-0.4, -0.2) is 0 Å². The lowest BCUT2D eigenvalue weighted by Gasteiger charge is -2.31. The van der Waals surface area contributed by atoms with E-state index in [2.05, 4.69) is 25.2 Å². The largest absolute Gasteiger partial charge is 0.0853 e. The lowest BCUT2D eigenvalue weighted by molar-refractivity contribution is 0.295. The predicted octanol–water partition coefficient (Wildman–Crippen LogP) is 3.16. The van der Waals surface area contributed by atoms with E-state index in [9.17, 15) is 0 Å². The van der Waals surface area contributed by atoms with Gasteiger partial charge in [-0.2, -0.15) is 0 Å². The van der Waals surface area contributed by atoms with Crippen LogP contribution in [0.15, 0.2) is 23.8 Å². The average Bonchev–Trinajstić information content (AvgIpc) is 2.63. The molecule has 0 amide bonds. The molecule has 0 nitrogen and oxygen atoms in total. The highest BCUT2D eigenvalue weighted by Crippen LogP contribution is 2.53. The molecule has 0 aromatic carbocycles. The molecule has 2 bridgehead atoms. The maximum absolute atomic E-state index is 2.48. The fourth-order valence-electron chi connectivity index (χ4n) is 3.47. The third kappa shape index (κ3) is 0.784. The monoisotopic (exact) mass is 160 g/mol. The first-order chi connectivity index (χ1) is 5.84. The molecule has 1 fully saturated rings. The van der Waals surface area contributed by atoms with Crippen molar-refractivity contribution >= 4 is 0 Å². The Hall–Kier alpha value is -0.520. The van der Waals surface area contributed by atoms with E-state index in [1.54, 1.807) is 5.57 Å². The maximum atomic E-state index is 2.48. The molecule has 0 aliphatic heterocycles. The molecule has 0 aromatic heterocycles. The zero-order valence-electron chi connectivity index (χ0n) is 7.66. The van der Waals surface area contributed by atoms with E-state index in [4.69, 9.17) is 0 Å². The Bertz CT molecular complexity index is 259. The van der Waals surface area contributed by atoms with Crippen LogP contribution in [0.5, 0.6) is 0 Å². The van der Waals surface area contributed by atoms with E-state index in [0.29, 0.717) is 0 Å². The molecule has 1 saturated carbocycles. The van der Waals surface area contributed by atoms with Gasteiger partial charge in [0, 0.05) is 0 Å². The van der Waals surface area contributed by atoms with Crippen molar-refractivity contribution in [3.63, 3.8) is 0 Å². The smallest absolute Gasteiger partial charge is 0.0193 e. The van der Waals surface area contributed by atoms with Crippen molar-refractivity contribution in [3.05, 3.63) is 23.8 Å². The summed E-state index contributed by atoms with van der Waals surface area (Å²) >= 11 is 0. The Morgan fingerprint density at radius 3 is 2.75 bits per heavy atom. The second-order valence-electron chi connectivity index (χ2n) is 4.77. The van der Waals surface area contributed by atoms with Gasteiger partial charge in [0.05, 0.1) is 0 Å². The van der Waals surface area contributed by atoms with Gasteiger partial charge in [0.15, 0.2) is 0 Å². The summed E-state index contributed by atoms with van der Waals surface area (Å²) in [6, 6.07) is 0. The summed E-state index contributed by atoms with van der Waals surface area (Å²) in [5, 5.41) is 0. The molecule has 0 N–H and O–H groups in total. The van der Waals surface area contributed by atoms with Gasteiger partial charge in [-0.15, -0.1) is 0 Å². The van der Waals surface area contributed by atoms with Gasteiger partial charge in [-0.05, 0) is 49.9 Å².